The summed E-state index contributed by atoms with van der Waals surface area (Å²) in [7, 11) is 0. The minimum atomic E-state index is -1.34. The molecule has 10 N–H and O–H groups in total. The monoisotopic (exact) mass is 1590 g/mol. The Labute approximate surface area is 643 Å². The maximum absolute atomic E-state index is 13.8. The normalized spacial score (nSPS) is 26.4. The van der Waals surface area contributed by atoms with Gasteiger partial charge in [-0.15, -0.1) is 27.6 Å². The van der Waals surface area contributed by atoms with Crippen LogP contribution in [0.15, 0.2) is 18.6 Å². The number of aromatic nitrogens is 9. The number of carbonyl (C=O) groups is 3. The number of hydrogen-bond donors (Lipinski definition) is 10. The zero-order chi connectivity index (χ0) is 79.2. The zero-order valence-electron chi connectivity index (χ0n) is 63.5. The van der Waals surface area contributed by atoms with Crippen molar-refractivity contribution < 1.29 is 145 Å². The molecular weight excluding hydrogens is 1480 g/mol. The second-order valence-corrected chi connectivity index (χ2v) is 27.5. The number of nitrogens with one attached hydrogen (secondary N) is 3. The van der Waals surface area contributed by atoms with Gasteiger partial charge in [0.1, 0.15) is 82.0 Å². The molecule has 5 aliphatic heterocycles. The van der Waals surface area contributed by atoms with Gasteiger partial charge >= 0.3 is 0 Å². The molecule has 14 atom stereocenters. The molecule has 3 aromatic heterocycles. The number of carbonyl (C=O) groups excluding carboxylic acids is 3. The molecule has 5 aliphatic rings. The molecule has 3 aromatic rings. The van der Waals surface area contributed by atoms with Crippen LogP contribution in [-0.2, 0) is 149 Å². The lowest BCUT2D eigenvalue weighted by atomic mass is 9.88. The van der Waals surface area contributed by atoms with E-state index < -0.39 is 89.9 Å². The van der Waals surface area contributed by atoms with Crippen molar-refractivity contribution in [2.75, 3.05) is 192 Å². The van der Waals surface area contributed by atoms with Gasteiger partial charge in [0.15, 0.2) is 18.9 Å². The Morgan fingerprint density at radius 2 is 0.847 bits per heavy atom. The van der Waals surface area contributed by atoms with Gasteiger partial charge in [-0.25, -0.2) is 14.0 Å². The van der Waals surface area contributed by atoms with Crippen molar-refractivity contribution in [2.45, 2.75) is 182 Å². The summed E-state index contributed by atoms with van der Waals surface area (Å²) in [5, 5.41) is 107. The number of aliphatic hydroxyl groups is 7. The van der Waals surface area contributed by atoms with Gasteiger partial charge in [-0.05, 0) is 19.8 Å². The molecule has 0 spiro atoms. The molecule has 8 rings (SSSR count). The highest BCUT2D eigenvalue weighted by Gasteiger charge is 2.61. The number of unbranched alkanes of at least 4 members (excludes halogenated alkanes) is 2. The van der Waals surface area contributed by atoms with Gasteiger partial charge in [0, 0.05) is 33.1 Å². The Morgan fingerprint density at radius 1 is 0.495 bits per heavy atom. The summed E-state index contributed by atoms with van der Waals surface area (Å²) < 4.78 is 120. The van der Waals surface area contributed by atoms with E-state index in [2.05, 4.69) is 52.8 Å². The first-order valence-corrected chi connectivity index (χ1v) is 37.4. The SMILES string of the molecule is C#CCCCCC(=O)NC(COCc1cn(CCOCCOCCOCCOC[C@@]23CO[C@@H](O2)[C@H](NC(C)=O)[C@@H](O)[C@H]3O)nn1)(COCc1cn(CCOCCOCCOCCOC[C@@]23CO[C@@H](O2)[C@H](NC(C)=O)[C@@H](O)[C@H]3O)nn1)COCc1cn(CCOCCOCCOCCOC[C@@]2(C)O[C@H](O)C[C@@H](O)[C@H]2O)nn1. The first kappa shape index (κ1) is 90.8. The summed E-state index contributed by atoms with van der Waals surface area (Å²) in [5.41, 5.74) is -3.52. The van der Waals surface area contributed by atoms with Crippen LogP contribution in [-0.4, -0.2) is 380 Å². The standard InChI is InChI=1S/C69H114N12O30/c1-5-6-7-8-9-55(85)72-67(42-104-38-51-35-79(76-73-51)10-13-92-16-19-95-22-25-98-28-31-101-41-66(4)61(89)54(84)34-56(86)109-66,43-105-39-52-36-80(77-74-52)11-14-93-17-20-96-23-26-99-29-32-102-45-68-47-107-64(110-68)57(70-49(2)82)59(87)62(68)90)44-106-40-53-37-81(78-75-53)12-15-94-18-21-97-24-27-100-30-33-103-46-69-48-108-65(111-69)58(71-50(3)83)60(88)63(69)91/h1,35-37,54,56-65,84,86-91H,6-34,38-48H2,2-4H3,(H,70,82)(H,71,83)(H,72,85)/t54-,56+,57-,58-,59-,60-,61-,62-,63-,64+,65+,66-,68+,69+/m1/s1. The lowest BCUT2D eigenvalue weighted by Crippen LogP contribution is -2.66. The zero-order valence-corrected chi connectivity index (χ0v) is 63.5. The number of fused-ring (bicyclic) bond motifs is 4. The molecule has 8 heterocycles. The van der Waals surface area contributed by atoms with Crippen molar-refractivity contribution in [1.29, 1.82) is 0 Å². The van der Waals surface area contributed by atoms with Crippen LogP contribution in [0.3, 0.4) is 0 Å². The fourth-order valence-electron chi connectivity index (χ4n) is 12.4. The minimum Gasteiger partial charge on any atom is -0.390 e. The number of terminal acetylenes is 1. The largest absolute Gasteiger partial charge is 0.390 e. The summed E-state index contributed by atoms with van der Waals surface area (Å²) >= 11 is 0. The number of aliphatic hydroxyl groups excluding tert-OH is 7. The second-order valence-electron chi connectivity index (χ2n) is 27.5. The minimum absolute atomic E-state index is 0.00939. The van der Waals surface area contributed by atoms with Crippen molar-refractivity contribution >= 4 is 17.7 Å². The number of nitrogens with zero attached hydrogens (tertiary/aromatic N) is 9. The average Bonchev–Trinajstić information content (AvgIpc) is 1.62. The molecule has 4 bridgehead atoms. The van der Waals surface area contributed by atoms with E-state index in [9.17, 15) is 50.1 Å². The Bertz CT molecular complexity index is 3030. The van der Waals surface area contributed by atoms with Crippen molar-refractivity contribution in [3.8, 4) is 12.3 Å². The first-order chi connectivity index (χ1) is 53.7. The lowest BCUT2D eigenvalue weighted by molar-refractivity contribution is -0.286. The topological polar surface area (TPSA) is 506 Å². The molecule has 0 saturated carbocycles. The van der Waals surface area contributed by atoms with Gasteiger partial charge in [0.25, 0.3) is 0 Å². The van der Waals surface area contributed by atoms with Crippen molar-refractivity contribution in [1.82, 2.24) is 60.9 Å². The van der Waals surface area contributed by atoms with Crippen LogP contribution in [0.4, 0.5) is 0 Å². The van der Waals surface area contributed by atoms with E-state index in [1.54, 1.807) is 39.6 Å². The second kappa shape index (κ2) is 48.6. The average molecular weight is 1590 g/mol. The molecule has 42 nitrogen and oxygen atoms in total. The summed E-state index contributed by atoms with van der Waals surface area (Å²) in [4.78, 5) is 36.9. The van der Waals surface area contributed by atoms with E-state index in [0.29, 0.717) is 155 Å². The fourth-order valence-corrected chi connectivity index (χ4v) is 12.4. The van der Waals surface area contributed by atoms with E-state index >= 15 is 0 Å². The smallest absolute Gasteiger partial charge is 0.220 e. The molecule has 0 unspecified atom stereocenters. The van der Waals surface area contributed by atoms with Gasteiger partial charge in [-0.3, -0.25) is 14.4 Å². The molecule has 5 fully saturated rings. The third-order valence-corrected chi connectivity index (χ3v) is 18.2. The van der Waals surface area contributed by atoms with Crippen LogP contribution in [0.5, 0.6) is 0 Å². The van der Waals surface area contributed by atoms with E-state index in [4.69, 9.17) is 101 Å². The van der Waals surface area contributed by atoms with Crippen molar-refractivity contribution in [3.63, 3.8) is 0 Å². The predicted molar refractivity (Wildman–Crippen MR) is 376 cm³/mol. The maximum atomic E-state index is 13.8. The van der Waals surface area contributed by atoms with Gasteiger partial charge in [0.2, 0.25) is 17.7 Å². The van der Waals surface area contributed by atoms with Crippen LogP contribution in [0.2, 0.25) is 0 Å². The van der Waals surface area contributed by atoms with Gasteiger partial charge < -0.3 is 146 Å². The van der Waals surface area contributed by atoms with Crippen molar-refractivity contribution in [2.24, 2.45) is 0 Å². The molecule has 0 aliphatic carbocycles. The Hall–Kier alpha value is -5.69. The number of ether oxygens (including phenoxy) is 20. The number of rotatable bonds is 61. The van der Waals surface area contributed by atoms with E-state index in [0.717, 1.165) is 0 Å². The van der Waals surface area contributed by atoms with Crippen molar-refractivity contribution in [3.05, 3.63) is 35.7 Å². The van der Waals surface area contributed by atoms with Crippen LogP contribution in [0.25, 0.3) is 0 Å². The maximum Gasteiger partial charge on any atom is 0.220 e. The number of amides is 3. The molecule has 630 valence electrons. The Balaban J connectivity index is 0.726. The quantitative estimate of drug-likeness (QED) is 0.0186. The molecule has 5 saturated heterocycles. The Kier molecular flexibility index (Phi) is 39.8. The fraction of sp³-hybridized carbons (Fsp3) is 0.841. The molecule has 0 radical (unpaired) electrons. The molecule has 0 aromatic carbocycles. The van der Waals surface area contributed by atoms with Gasteiger partial charge in [0.05, 0.1) is 256 Å². The summed E-state index contributed by atoms with van der Waals surface area (Å²) in [6, 6.07) is -1.81. The van der Waals surface area contributed by atoms with Gasteiger partial charge in [-0.1, -0.05) is 15.6 Å². The highest BCUT2D eigenvalue weighted by atomic mass is 16.8. The summed E-state index contributed by atoms with van der Waals surface area (Å²) in [6.07, 6.45) is 1.90. The van der Waals surface area contributed by atoms with Crippen LogP contribution in [0.1, 0.15) is 70.0 Å². The van der Waals surface area contributed by atoms with E-state index in [-0.39, 0.29) is 143 Å². The molecule has 111 heavy (non-hydrogen) atoms. The molecule has 3 amide bonds. The third-order valence-electron chi connectivity index (χ3n) is 18.2. The van der Waals surface area contributed by atoms with E-state index in [1.165, 1.54) is 13.8 Å². The predicted octanol–water partition coefficient (Wildman–Crippen LogP) is -5.42. The highest BCUT2D eigenvalue weighted by molar-refractivity contribution is 5.77. The summed E-state index contributed by atoms with van der Waals surface area (Å²) in [5.74, 6) is 1.56. The number of hydrogen-bond acceptors (Lipinski definition) is 36. The summed E-state index contributed by atoms with van der Waals surface area (Å²) in [6.45, 7) is 10.9. The highest BCUT2D eigenvalue weighted by Crippen LogP contribution is 2.39. The van der Waals surface area contributed by atoms with E-state index in [1.807, 2.05) is 0 Å². The molecule has 42 heteroatoms. The van der Waals surface area contributed by atoms with Gasteiger partial charge in [-0.2, -0.15) is 0 Å². The van der Waals surface area contributed by atoms with Crippen LogP contribution >= 0.6 is 0 Å². The first-order valence-electron chi connectivity index (χ1n) is 37.4. The Morgan fingerprint density at radius 3 is 1.21 bits per heavy atom. The lowest BCUT2D eigenvalue weighted by Gasteiger charge is -2.42. The third kappa shape index (κ3) is 30.5. The van der Waals surface area contributed by atoms with Crippen LogP contribution in [0, 0.1) is 12.3 Å². The van der Waals surface area contributed by atoms with Crippen LogP contribution < -0.4 is 16.0 Å². The molecular formula is C69H114N12O30.